The largest absolute Gasteiger partial charge is 0.464 e. The van der Waals surface area contributed by atoms with Crippen LogP contribution in [-0.2, 0) is 0 Å². The molecule has 0 radical (unpaired) electrons. The van der Waals surface area contributed by atoms with Gasteiger partial charge in [0.25, 0.3) is 0 Å². The Labute approximate surface area is 85.5 Å². The molecule has 3 nitrogen and oxygen atoms in total. The van der Waals surface area contributed by atoms with Gasteiger partial charge in [-0.25, -0.2) is 0 Å². The van der Waals surface area contributed by atoms with E-state index in [1.165, 1.54) is 5.56 Å². The summed E-state index contributed by atoms with van der Waals surface area (Å²) in [5, 5.41) is 0. The van der Waals surface area contributed by atoms with Crippen molar-refractivity contribution in [2.75, 3.05) is 6.54 Å². The molecular formula is C11H20N2O. The molecule has 3 heteroatoms. The van der Waals surface area contributed by atoms with Crippen LogP contribution in [0, 0.1) is 13.8 Å². The topological polar surface area (TPSA) is 65.2 Å². The number of rotatable bonds is 5. The number of furan rings is 1. The molecule has 1 aromatic heterocycles. The molecule has 0 aliphatic carbocycles. The fourth-order valence-electron chi connectivity index (χ4n) is 1.44. The Morgan fingerprint density at radius 1 is 1.36 bits per heavy atom. The van der Waals surface area contributed by atoms with E-state index in [-0.39, 0.29) is 6.04 Å². The average Bonchev–Trinajstić information content (AvgIpc) is 2.47. The van der Waals surface area contributed by atoms with Crippen molar-refractivity contribution in [1.82, 2.24) is 0 Å². The first-order valence-electron chi connectivity index (χ1n) is 5.17. The van der Waals surface area contributed by atoms with Crippen molar-refractivity contribution in [3.63, 3.8) is 0 Å². The summed E-state index contributed by atoms with van der Waals surface area (Å²) in [6.07, 6.45) is 3.05. The van der Waals surface area contributed by atoms with Crippen molar-refractivity contribution in [2.24, 2.45) is 11.5 Å². The van der Waals surface area contributed by atoms with Crippen molar-refractivity contribution in [2.45, 2.75) is 39.2 Å². The van der Waals surface area contributed by atoms with Crippen LogP contribution < -0.4 is 11.5 Å². The van der Waals surface area contributed by atoms with E-state index < -0.39 is 0 Å². The maximum absolute atomic E-state index is 5.98. The molecule has 1 atom stereocenters. The summed E-state index contributed by atoms with van der Waals surface area (Å²) in [4.78, 5) is 0. The molecule has 14 heavy (non-hydrogen) atoms. The van der Waals surface area contributed by atoms with Crippen molar-refractivity contribution in [3.8, 4) is 0 Å². The van der Waals surface area contributed by atoms with E-state index in [0.29, 0.717) is 0 Å². The van der Waals surface area contributed by atoms with E-state index in [0.717, 1.165) is 37.3 Å². The van der Waals surface area contributed by atoms with Gasteiger partial charge in [0.2, 0.25) is 0 Å². The van der Waals surface area contributed by atoms with Crippen LogP contribution in [0.1, 0.15) is 42.4 Å². The van der Waals surface area contributed by atoms with Gasteiger partial charge in [0.05, 0.1) is 6.04 Å². The smallest absolute Gasteiger partial charge is 0.121 e. The molecule has 0 aliphatic heterocycles. The molecular weight excluding hydrogens is 176 g/mol. The second kappa shape index (κ2) is 5.17. The van der Waals surface area contributed by atoms with Gasteiger partial charge in [-0.15, -0.1) is 0 Å². The van der Waals surface area contributed by atoms with Crippen molar-refractivity contribution < 1.29 is 4.42 Å². The molecule has 1 aromatic rings. The quantitative estimate of drug-likeness (QED) is 0.708. The van der Waals surface area contributed by atoms with Crippen LogP contribution in [0.5, 0.6) is 0 Å². The molecule has 0 saturated carbocycles. The molecule has 0 saturated heterocycles. The van der Waals surface area contributed by atoms with Gasteiger partial charge < -0.3 is 15.9 Å². The molecule has 0 spiro atoms. The normalized spacial score (nSPS) is 13.1. The number of aryl methyl sites for hydroxylation is 2. The van der Waals surface area contributed by atoms with E-state index in [9.17, 15) is 0 Å². The SMILES string of the molecule is Cc1cc([C@H](N)CCCCN)oc1C. The third-order valence-corrected chi connectivity index (χ3v) is 2.52. The summed E-state index contributed by atoms with van der Waals surface area (Å²) >= 11 is 0. The highest BCUT2D eigenvalue weighted by molar-refractivity contribution is 5.20. The first kappa shape index (κ1) is 11.3. The third-order valence-electron chi connectivity index (χ3n) is 2.52. The van der Waals surface area contributed by atoms with Crippen LogP contribution >= 0.6 is 0 Å². The lowest BCUT2D eigenvalue weighted by atomic mass is 10.1. The van der Waals surface area contributed by atoms with E-state index in [1.807, 2.05) is 19.9 Å². The molecule has 0 bridgehead atoms. The lowest BCUT2D eigenvalue weighted by Crippen LogP contribution is -2.10. The molecule has 0 unspecified atom stereocenters. The molecule has 0 fully saturated rings. The maximum atomic E-state index is 5.98. The summed E-state index contributed by atoms with van der Waals surface area (Å²) in [5.41, 5.74) is 12.6. The molecule has 1 heterocycles. The van der Waals surface area contributed by atoms with Crippen LogP contribution in [-0.4, -0.2) is 6.54 Å². The number of nitrogens with two attached hydrogens (primary N) is 2. The predicted octanol–water partition coefficient (Wildman–Crippen LogP) is 2.03. The van der Waals surface area contributed by atoms with Gasteiger partial charge in [0, 0.05) is 0 Å². The first-order chi connectivity index (χ1) is 6.65. The first-order valence-corrected chi connectivity index (χ1v) is 5.17. The minimum absolute atomic E-state index is 0.0222. The van der Waals surface area contributed by atoms with Gasteiger partial charge in [0.1, 0.15) is 11.5 Å². The number of unbranched alkanes of at least 4 members (excludes halogenated alkanes) is 1. The van der Waals surface area contributed by atoms with Gasteiger partial charge in [-0.3, -0.25) is 0 Å². The van der Waals surface area contributed by atoms with Gasteiger partial charge >= 0.3 is 0 Å². The summed E-state index contributed by atoms with van der Waals surface area (Å²) < 4.78 is 5.55. The highest BCUT2D eigenvalue weighted by atomic mass is 16.3. The zero-order valence-electron chi connectivity index (χ0n) is 9.05. The molecule has 0 aromatic carbocycles. The monoisotopic (exact) mass is 196 g/mol. The van der Waals surface area contributed by atoms with Crippen molar-refractivity contribution >= 4 is 0 Å². The van der Waals surface area contributed by atoms with Gasteiger partial charge in [-0.2, -0.15) is 0 Å². The molecule has 0 amide bonds. The molecule has 0 aliphatic rings. The van der Waals surface area contributed by atoms with Gasteiger partial charge in [-0.05, 0) is 44.9 Å². The zero-order valence-corrected chi connectivity index (χ0v) is 9.05. The Bertz CT molecular complexity index is 261. The Morgan fingerprint density at radius 3 is 2.57 bits per heavy atom. The summed E-state index contributed by atoms with van der Waals surface area (Å²) in [6, 6.07) is 2.05. The predicted molar refractivity (Wildman–Crippen MR) is 58.0 cm³/mol. The lowest BCUT2D eigenvalue weighted by Gasteiger charge is -2.07. The van der Waals surface area contributed by atoms with Crippen LogP contribution in [0.25, 0.3) is 0 Å². The van der Waals surface area contributed by atoms with Crippen LogP contribution in [0.2, 0.25) is 0 Å². The van der Waals surface area contributed by atoms with E-state index in [2.05, 4.69) is 0 Å². The van der Waals surface area contributed by atoms with Crippen LogP contribution in [0.3, 0.4) is 0 Å². The van der Waals surface area contributed by atoms with Gasteiger partial charge in [0.15, 0.2) is 0 Å². The summed E-state index contributed by atoms with van der Waals surface area (Å²) in [7, 11) is 0. The van der Waals surface area contributed by atoms with Crippen molar-refractivity contribution in [3.05, 3.63) is 23.2 Å². The minimum atomic E-state index is 0.0222. The maximum Gasteiger partial charge on any atom is 0.121 e. The number of hydrogen-bond donors (Lipinski definition) is 2. The Morgan fingerprint density at radius 2 is 2.07 bits per heavy atom. The Kier molecular flexibility index (Phi) is 4.17. The molecule has 80 valence electrons. The second-order valence-corrected chi connectivity index (χ2v) is 3.78. The zero-order chi connectivity index (χ0) is 10.6. The second-order valence-electron chi connectivity index (χ2n) is 3.78. The van der Waals surface area contributed by atoms with Gasteiger partial charge in [-0.1, -0.05) is 6.42 Å². The Hall–Kier alpha value is -0.800. The van der Waals surface area contributed by atoms with E-state index >= 15 is 0 Å². The highest BCUT2D eigenvalue weighted by Crippen LogP contribution is 2.21. The Balaban J connectivity index is 2.47. The third kappa shape index (κ3) is 2.86. The number of hydrogen-bond acceptors (Lipinski definition) is 3. The fraction of sp³-hybridized carbons (Fsp3) is 0.636. The van der Waals surface area contributed by atoms with E-state index in [1.54, 1.807) is 0 Å². The molecule has 1 rings (SSSR count). The summed E-state index contributed by atoms with van der Waals surface area (Å²) in [6.45, 7) is 4.74. The highest BCUT2D eigenvalue weighted by Gasteiger charge is 2.11. The van der Waals surface area contributed by atoms with Crippen LogP contribution in [0.15, 0.2) is 10.5 Å². The minimum Gasteiger partial charge on any atom is -0.464 e. The van der Waals surface area contributed by atoms with Crippen molar-refractivity contribution in [1.29, 1.82) is 0 Å². The fourth-order valence-corrected chi connectivity index (χ4v) is 1.44. The summed E-state index contributed by atoms with van der Waals surface area (Å²) in [5.74, 6) is 1.87. The molecule has 4 N–H and O–H groups in total. The van der Waals surface area contributed by atoms with E-state index in [4.69, 9.17) is 15.9 Å². The standard InChI is InChI=1S/C11H20N2O/c1-8-7-11(14-9(8)2)10(13)5-3-4-6-12/h7,10H,3-6,12-13H2,1-2H3/t10-/m1/s1. The average molecular weight is 196 g/mol. The van der Waals surface area contributed by atoms with Crippen LogP contribution in [0.4, 0.5) is 0 Å². The lowest BCUT2D eigenvalue weighted by molar-refractivity contribution is 0.426.